The molecular formula is C10H9F2IN2O4. The van der Waals surface area contributed by atoms with E-state index >= 15 is 0 Å². The van der Waals surface area contributed by atoms with Gasteiger partial charge in [0.05, 0.1) is 27.2 Å². The van der Waals surface area contributed by atoms with Crippen LogP contribution in [0.1, 0.15) is 24.7 Å². The quantitative estimate of drug-likeness (QED) is 0.336. The number of rotatable bonds is 5. The summed E-state index contributed by atoms with van der Waals surface area (Å²) < 4.78 is 30.2. The molecule has 0 spiro atoms. The zero-order valence-corrected chi connectivity index (χ0v) is 11.9. The van der Waals surface area contributed by atoms with Gasteiger partial charge in [-0.1, -0.05) is 0 Å². The van der Waals surface area contributed by atoms with Crippen molar-refractivity contribution in [1.82, 2.24) is 4.98 Å². The van der Waals surface area contributed by atoms with Crippen LogP contribution in [0, 0.1) is 13.7 Å². The summed E-state index contributed by atoms with van der Waals surface area (Å²) in [5.74, 6) is -0.625. The minimum absolute atomic E-state index is 0.00667. The Kier molecular flexibility index (Phi) is 5.51. The van der Waals surface area contributed by atoms with Gasteiger partial charge < -0.3 is 4.74 Å². The van der Waals surface area contributed by atoms with Crippen molar-refractivity contribution in [2.24, 2.45) is 0 Å². The van der Waals surface area contributed by atoms with Crippen LogP contribution in [-0.2, 0) is 16.0 Å². The number of esters is 1. The number of aromatic nitrogens is 1. The van der Waals surface area contributed by atoms with E-state index in [0.29, 0.717) is 0 Å². The Bertz CT molecular complexity index is 511. The first kappa shape index (κ1) is 15.7. The first-order valence-corrected chi connectivity index (χ1v) is 6.22. The maximum Gasteiger partial charge on any atom is 0.311 e. The third-order valence-electron chi connectivity index (χ3n) is 2.05. The summed E-state index contributed by atoms with van der Waals surface area (Å²) in [4.78, 5) is 24.5. The summed E-state index contributed by atoms with van der Waals surface area (Å²) in [7, 11) is 0. The van der Waals surface area contributed by atoms with Gasteiger partial charge in [0.15, 0.2) is 5.69 Å². The van der Waals surface area contributed by atoms with E-state index in [2.05, 4.69) is 9.72 Å². The molecule has 0 bridgehead atoms. The Morgan fingerprint density at radius 3 is 2.74 bits per heavy atom. The van der Waals surface area contributed by atoms with Crippen LogP contribution >= 0.6 is 22.6 Å². The van der Waals surface area contributed by atoms with E-state index in [-0.39, 0.29) is 22.3 Å². The van der Waals surface area contributed by atoms with Gasteiger partial charge in [-0.3, -0.25) is 14.9 Å². The fourth-order valence-corrected chi connectivity index (χ4v) is 2.19. The molecule has 1 rings (SSSR count). The molecule has 0 radical (unpaired) electrons. The Hall–Kier alpha value is -1.39. The number of pyridine rings is 1. The van der Waals surface area contributed by atoms with Crippen molar-refractivity contribution >= 4 is 34.2 Å². The van der Waals surface area contributed by atoms with E-state index in [4.69, 9.17) is 0 Å². The highest BCUT2D eigenvalue weighted by atomic mass is 127. The monoisotopic (exact) mass is 386 g/mol. The molecule has 0 saturated heterocycles. The van der Waals surface area contributed by atoms with Crippen LogP contribution in [0.4, 0.5) is 14.5 Å². The second kappa shape index (κ2) is 6.68. The molecule has 0 aliphatic carbocycles. The minimum Gasteiger partial charge on any atom is -0.466 e. The van der Waals surface area contributed by atoms with E-state index in [1.165, 1.54) is 6.07 Å². The van der Waals surface area contributed by atoms with Gasteiger partial charge in [-0.25, -0.2) is 13.8 Å². The molecule has 0 saturated carbocycles. The highest BCUT2D eigenvalue weighted by Gasteiger charge is 2.28. The van der Waals surface area contributed by atoms with Crippen molar-refractivity contribution in [3.63, 3.8) is 0 Å². The summed E-state index contributed by atoms with van der Waals surface area (Å²) in [6.45, 7) is 1.76. The molecule has 0 aromatic carbocycles. The third-order valence-corrected chi connectivity index (χ3v) is 2.87. The van der Waals surface area contributed by atoms with Gasteiger partial charge in [0.2, 0.25) is 0 Å². The van der Waals surface area contributed by atoms with Crippen molar-refractivity contribution in [2.45, 2.75) is 19.8 Å². The van der Waals surface area contributed by atoms with Gasteiger partial charge in [-0.05, 0) is 35.6 Å². The van der Waals surface area contributed by atoms with Gasteiger partial charge in [-0.2, -0.15) is 0 Å². The fraction of sp³-hybridized carbons (Fsp3) is 0.400. The lowest BCUT2D eigenvalue weighted by atomic mass is 10.2. The number of carbonyl (C=O) groups excluding carboxylic acids is 1. The maximum absolute atomic E-state index is 12.7. The van der Waals surface area contributed by atoms with Crippen molar-refractivity contribution in [2.75, 3.05) is 6.61 Å². The lowest BCUT2D eigenvalue weighted by molar-refractivity contribution is -0.387. The molecule has 6 nitrogen and oxygen atoms in total. The normalized spacial score (nSPS) is 10.6. The van der Waals surface area contributed by atoms with Crippen LogP contribution in [0.3, 0.4) is 0 Å². The van der Waals surface area contributed by atoms with Crippen molar-refractivity contribution in [3.8, 4) is 0 Å². The number of halogens is 3. The largest absolute Gasteiger partial charge is 0.466 e. The summed E-state index contributed by atoms with van der Waals surface area (Å²) in [5.41, 5.74) is -1.65. The standard InChI is InChI=1S/C10H9F2IN2O4/c1-2-19-7(16)4-5-3-6(13)9(15(17)18)8(14-5)10(11)12/h3,10H,2,4H2,1H3. The van der Waals surface area contributed by atoms with Gasteiger partial charge >= 0.3 is 11.7 Å². The molecule has 1 aromatic heterocycles. The molecule has 1 heterocycles. The predicted molar refractivity (Wildman–Crippen MR) is 68.9 cm³/mol. The number of alkyl halides is 2. The molecular weight excluding hydrogens is 377 g/mol. The molecule has 9 heteroatoms. The lowest BCUT2D eigenvalue weighted by Gasteiger charge is -2.07. The van der Waals surface area contributed by atoms with Crippen molar-refractivity contribution < 1.29 is 23.2 Å². The number of ether oxygens (including phenoxy) is 1. The Morgan fingerprint density at radius 1 is 1.63 bits per heavy atom. The zero-order valence-electron chi connectivity index (χ0n) is 9.73. The summed E-state index contributed by atoms with van der Waals surface area (Å²) in [5, 5.41) is 10.7. The van der Waals surface area contributed by atoms with Gasteiger partial charge in [0, 0.05) is 0 Å². The van der Waals surface area contributed by atoms with E-state index in [1.807, 2.05) is 0 Å². The zero-order chi connectivity index (χ0) is 14.6. The van der Waals surface area contributed by atoms with E-state index in [0.717, 1.165) is 0 Å². The van der Waals surface area contributed by atoms with E-state index in [9.17, 15) is 23.7 Å². The van der Waals surface area contributed by atoms with E-state index in [1.54, 1.807) is 29.5 Å². The second-order valence-electron chi connectivity index (χ2n) is 3.37. The van der Waals surface area contributed by atoms with E-state index < -0.39 is 28.7 Å². The first-order valence-electron chi connectivity index (χ1n) is 5.14. The third kappa shape index (κ3) is 4.04. The Balaban J connectivity index is 3.17. The Labute approximate surface area is 120 Å². The van der Waals surface area contributed by atoms with Crippen LogP contribution in [0.5, 0.6) is 0 Å². The highest BCUT2D eigenvalue weighted by molar-refractivity contribution is 14.1. The Morgan fingerprint density at radius 2 is 2.26 bits per heavy atom. The molecule has 0 aliphatic rings. The molecule has 1 aromatic rings. The van der Waals surface area contributed by atoms with Crippen molar-refractivity contribution in [1.29, 1.82) is 0 Å². The molecule has 0 unspecified atom stereocenters. The van der Waals surface area contributed by atoms with Crippen LogP contribution < -0.4 is 0 Å². The smallest absolute Gasteiger partial charge is 0.311 e. The number of hydrogen-bond acceptors (Lipinski definition) is 5. The number of nitrogens with zero attached hydrogens (tertiary/aromatic N) is 2. The fourth-order valence-electron chi connectivity index (χ4n) is 1.36. The highest BCUT2D eigenvalue weighted by Crippen LogP contribution is 2.31. The first-order chi connectivity index (χ1) is 8.86. The average Bonchev–Trinajstić information content (AvgIpc) is 2.27. The van der Waals surface area contributed by atoms with Crippen molar-refractivity contribution in [3.05, 3.63) is 31.1 Å². The van der Waals surface area contributed by atoms with Gasteiger partial charge in [-0.15, -0.1) is 0 Å². The average molecular weight is 386 g/mol. The van der Waals surface area contributed by atoms with Gasteiger partial charge in [0.25, 0.3) is 6.43 Å². The minimum atomic E-state index is -3.09. The number of hydrogen-bond donors (Lipinski definition) is 0. The molecule has 0 atom stereocenters. The SMILES string of the molecule is CCOC(=O)Cc1cc(I)c([N+](=O)[O-])c(C(F)F)n1. The molecule has 0 aliphatic heterocycles. The summed E-state index contributed by atoms with van der Waals surface area (Å²) >= 11 is 1.56. The maximum atomic E-state index is 12.7. The molecule has 19 heavy (non-hydrogen) atoms. The van der Waals surface area contributed by atoms with Crippen LogP contribution in [-0.4, -0.2) is 22.5 Å². The number of nitro groups is 1. The number of carbonyl (C=O) groups is 1. The molecule has 104 valence electrons. The second-order valence-corrected chi connectivity index (χ2v) is 4.53. The topological polar surface area (TPSA) is 82.3 Å². The lowest BCUT2D eigenvalue weighted by Crippen LogP contribution is -2.11. The van der Waals surface area contributed by atoms with Crippen LogP contribution in [0.15, 0.2) is 6.07 Å². The molecule has 0 amide bonds. The summed E-state index contributed by atoms with van der Waals surface area (Å²) in [6, 6.07) is 1.22. The molecule has 0 fully saturated rings. The van der Waals surface area contributed by atoms with Crippen LogP contribution in [0.25, 0.3) is 0 Å². The summed E-state index contributed by atoms with van der Waals surface area (Å²) in [6.07, 6.45) is -3.39. The predicted octanol–water partition coefficient (Wildman–Crippen LogP) is 2.64. The molecule has 0 N–H and O–H groups in total. The van der Waals surface area contributed by atoms with Crippen LogP contribution in [0.2, 0.25) is 0 Å². The van der Waals surface area contributed by atoms with Gasteiger partial charge in [0.1, 0.15) is 0 Å².